The number of ether oxygens (including phenoxy) is 5. The summed E-state index contributed by atoms with van der Waals surface area (Å²) in [4.78, 5) is 0. The van der Waals surface area contributed by atoms with E-state index in [1.165, 1.54) is 0 Å². The topological polar surface area (TPSA) is 46.2 Å². The highest BCUT2D eigenvalue weighted by Crippen LogP contribution is 2.48. The molecule has 5 nitrogen and oxygen atoms in total. The van der Waals surface area contributed by atoms with E-state index >= 15 is 0 Å². The van der Waals surface area contributed by atoms with Crippen molar-refractivity contribution in [2.24, 2.45) is 5.92 Å². The van der Waals surface area contributed by atoms with E-state index in [9.17, 15) is 0 Å². The molecule has 0 saturated carbocycles. The van der Waals surface area contributed by atoms with Gasteiger partial charge in [-0.3, -0.25) is 0 Å². The van der Waals surface area contributed by atoms with Gasteiger partial charge in [-0.15, -0.1) is 0 Å². The Balaban J connectivity index is 2.79. The third-order valence-electron chi connectivity index (χ3n) is 4.74. The predicted molar refractivity (Wildman–Crippen MR) is 109 cm³/mol. The van der Waals surface area contributed by atoms with Gasteiger partial charge in [0, 0.05) is 12.2 Å². The van der Waals surface area contributed by atoms with Crippen molar-refractivity contribution >= 4 is 10.8 Å². The fourth-order valence-electron chi connectivity index (χ4n) is 3.43. The lowest BCUT2D eigenvalue weighted by Crippen LogP contribution is -2.09. The molecule has 150 valence electrons. The Morgan fingerprint density at radius 1 is 0.778 bits per heavy atom. The molecule has 0 spiro atoms. The molecule has 0 bridgehead atoms. The van der Waals surface area contributed by atoms with Gasteiger partial charge in [0.25, 0.3) is 0 Å². The van der Waals surface area contributed by atoms with Gasteiger partial charge in [0.15, 0.2) is 0 Å². The molecule has 0 radical (unpaired) electrons. The molecule has 5 heteroatoms. The Morgan fingerprint density at radius 3 is 1.85 bits per heavy atom. The zero-order chi connectivity index (χ0) is 20.0. The van der Waals surface area contributed by atoms with Crippen LogP contribution in [0, 0.1) is 5.92 Å². The van der Waals surface area contributed by atoms with Crippen molar-refractivity contribution in [3.05, 3.63) is 23.8 Å². The maximum absolute atomic E-state index is 6.09. The van der Waals surface area contributed by atoms with E-state index in [0.717, 1.165) is 34.9 Å². The molecule has 0 aliphatic carbocycles. The molecule has 2 aromatic carbocycles. The summed E-state index contributed by atoms with van der Waals surface area (Å²) in [5.74, 6) is 3.47. The summed E-state index contributed by atoms with van der Waals surface area (Å²) in [5.41, 5.74) is 0.968. The Kier molecular flexibility index (Phi) is 7.60. The quantitative estimate of drug-likeness (QED) is 0.556. The van der Waals surface area contributed by atoms with Crippen LogP contribution < -0.4 is 18.9 Å². The van der Waals surface area contributed by atoms with Gasteiger partial charge in [-0.25, -0.2) is 0 Å². The number of hydrogen-bond acceptors (Lipinski definition) is 5. The molecule has 1 unspecified atom stereocenters. The Hall–Kier alpha value is -2.14. The van der Waals surface area contributed by atoms with Crippen LogP contribution in [-0.4, -0.2) is 35.0 Å². The molecule has 2 rings (SSSR count). The molecule has 0 aliphatic rings. The minimum Gasteiger partial charge on any atom is -0.496 e. The number of fused-ring (bicyclic) bond motifs is 1. The summed E-state index contributed by atoms with van der Waals surface area (Å²) < 4.78 is 28.9. The molecular formula is C22H32O5. The van der Waals surface area contributed by atoms with Crippen molar-refractivity contribution in [2.45, 2.75) is 39.7 Å². The number of methoxy groups -OCH3 is 4. The van der Waals surface area contributed by atoms with E-state index in [1.807, 2.05) is 25.1 Å². The third kappa shape index (κ3) is 4.41. The lowest BCUT2D eigenvalue weighted by molar-refractivity contribution is 0.0505. The summed E-state index contributed by atoms with van der Waals surface area (Å²) in [6.45, 7) is 7.07. The first-order chi connectivity index (χ1) is 13.0. The minimum absolute atomic E-state index is 0.0819. The highest BCUT2D eigenvalue weighted by atomic mass is 16.5. The molecule has 0 aromatic heterocycles. The SMILES string of the molecule is CCOC(CCC(C)C)c1cc(OC)c2c(OC)ccc(OC)c2c1OC. The zero-order valence-electron chi connectivity index (χ0n) is 17.5. The fraction of sp³-hybridized carbons (Fsp3) is 0.545. The molecule has 1 atom stereocenters. The van der Waals surface area contributed by atoms with Crippen LogP contribution in [-0.2, 0) is 4.74 Å². The second-order valence-electron chi connectivity index (χ2n) is 6.84. The monoisotopic (exact) mass is 376 g/mol. The standard InChI is InChI=1S/C22H32O5/c1-8-27-16(10-9-14(2)3)15-13-19(25-6)20-17(23-4)11-12-18(24-5)21(20)22(15)26-7/h11-14,16H,8-10H2,1-7H3. The van der Waals surface area contributed by atoms with Crippen molar-refractivity contribution in [1.82, 2.24) is 0 Å². The van der Waals surface area contributed by atoms with Crippen molar-refractivity contribution in [3.8, 4) is 23.0 Å². The molecule has 0 amide bonds. The van der Waals surface area contributed by atoms with Gasteiger partial charge in [0.05, 0.1) is 45.3 Å². The van der Waals surface area contributed by atoms with E-state index < -0.39 is 0 Å². The van der Waals surface area contributed by atoms with Gasteiger partial charge in [-0.1, -0.05) is 13.8 Å². The minimum atomic E-state index is -0.0819. The van der Waals surface area contributed by atoms with E-state index in [0.29, 0.717) is 29.8 Å². The van der Waals surface area contributed by atoms with Crippen LogP contribution in [0.4, 0.5) is 0 Å². The average molecular weight is 376 g/mol. The molecule has 27 heavy (non-hydrogen) atoms. The Morgan fingerprint density at radius 2 is 1.37 bits per heavy atom. The van der Waals surface area contributed by atoms with E-state index in [2.05, 4.69) is 13.8 Å². The first kappa shape index (κ1) is 21.2. The molecular weight excluding hydrogens is 344 g/mol. The summed E-state index contributed by atoms with van der Waals surface area (Å²) in [6.07, 6.45) is 1.88. The first-order valence-electron chi connectivity index (χ1n) is 9.43. The van der Waals surface area contributed by atoms with Crippen LogP contribution in [0.2, 0.25) is 0 Å². The van der Waals surface area contributed by atoms with Gasteiger partial charge in [0.2, 0.25) is 0 Å². The van der Waals surface area contributed by atoms with Gasteiger partial charge in [0.1, 0.15) is 23.0 Å². The van der Waals surface area contributed by atoms with Gasteiger partial charge >= 0.3 is 0 Å². The van der Waals surface area contributed by atoms with Crippen LogP contribution >= 0.6 is 0 Å². The molecule has 0 saturated heterocycles. The van der Waals surface area contributed by atoms with E-state index in [1.54, 1.807) is 28.4 Å². The second-order valence-corrected chi connectivity index (χ2v) is 6.84. The summed E-state index contributed by atoms with van der Waals surface area (Å²) >= 11 is 0. The van der Waals surface area contributed by atoms with Gasteiger partial charge in [-0.2, -0.15) is 0 Å². The highest BCUT2D eigenvalue weighted by Gasteiger charge is 2.25. The zero-order valence-corrected chi connectivity index (χ0v) is 17.5. The average Bonchev–Trinajstić information content (AvgIpc) is 2.68. The molecule has 0 N–H and O–H groups in total. The van der Waals surface area contributed by atoms with Crippen LogP contribution in [0.1, 0.15) is 45.3 Å². The van der Waals surface area contributed by atoms with Crippen LogP contribution in [0.3, 0.4) is 0 Å². The van der Waals surface area contributed by atoms with Crippen LogP contribution in [0.15, 0.2) is 18.2 Å². The molecule has 2 aromatic rings. The lowest BCUT2D eigenvalue weighted by atomic mass is 9.95. The maximum atomic E-state index is 6.09. The fourth-order valence-corrected chi connectivity index (χ4v) is 3.43. The largest absolute Gasteiger partial charge is 0.496 e. The molecule has 0 heterocycles. The molecule has 0 aliphatic heterocycles. The summed E-state index contributed by atoms with van der Waals surface area (Å²) in [5, 5.41) is 1.67. The summed E-state index contributed by atoms with van der Waals surface area (Å²) in [7, 11) is 6.63. The van der Waals surface area contributed by atoms with Crippen LogP contribution in [0.25, 0.3) is 10.8 Å². The van der Waals surface area contributed by atoms with Gasteiger partial charge in [-0.05, 0) is 43.9 Å². The number of rotatable bonds is 10. The molecule has 0 fully saturated rings. The first-order valence-corrected chi connectivity index (χ1v) is 9.43. The van der Waals surface area contributed by atoms with Crippen LogP contribution in [0.5, 0.6) is 23.0 Å². The summed E-state index contributed by atoms with van der Waals surface area (Å²) in [6, 6.07) is 5.77. The van der Waals surface area contributed by atoms with Crippen molar-refractivity contribution in [1.29, 1.82) is 0 Å². The Bertz CT molecular complexity index is 754. The van der Waals surface area contributed by atoms with Crippen molar-refractivity contribution in [3.63, 3.8) is 0 Å². The maximum Gasteiger partial charge on any atom is 0.136 e. The van der Waals surface area contributed by atoms with E-state index in [4.69, 9.17) is 23.7 Å². The highest BCUT2D eigenvalue weighted by molar-refractivity contribution is 6.03. The van der Waals surface area contributed by atoms with Gasteiger partial charge < -0.3 is 23.7 Å². The predicted octanol–water partition coefficient (Wildman–Crippen LogP) is 5.39. The third-order valence-corrected chi connectivity index (χ3v) is 4.74. The number of hydrogen-bond donors (Lipinski definition) is 0. The van der Waals surface area contributed by atoms with Crippen molar-refractivity contribution in [2.75, 3.05) is 35.0 Å². The smallest absolute Gasteiger partial charge is 0.136 e. The number of benzene rings is 2. The van der Waals surface area contributed by atoms with E-state index in [-0.39, 0.29) is 6.10 Å². The second kappa shape index (κ2) is 9.70. The lowest BCUT2D eigenvalue weighted by Gasteiger charge is -2.24. The van der Waals surface area contributed by atoms with Crippen molar-refractivity contribution < 1.29 is 23.7 Å². The normalized spacial score (nSPS) is 12.3. The Labute approximate surface area is 162 Å².